The second-order valence-corrected chi connectivity index (χ2v) is 3.22. The van der Waals surface area contributed by atoms with E-state index in [9.17, 15) is 0 Å². The van der Waals surface area contributed by atoms with Crippen molar-refractivity contribution in [2.24, 2.45) is 0 Å². The molecular weight excluding hydrogens is 316 g/mol. The summed E-state index contributed by atoms with van der Waals surface area (Å²) in [5.74, 6) is 0. The van der Waals surface area contributed by atoms with E-state index in [2.05, 4.69) is 34.2 Å². The summed E-state index contributed by atoms with van der Waals surface area (Å²) in [5, 5.41) is 2.28. The van der Waals surface area contributed by atoms with Crippen molar-refractivity contribution in [3.8, 4) is 0 Å². The van der Waals surface area contributed by atoms with Crippen molar-refractivity contribution >= 4 is 21.8 Å². The van der Waals surface area contributed by atoms with Crippen LogP contribution in [0.15, 0.2) is 48.8 Å². The van der Waals surface area contributed by atoms with Gasteiger partial charge in [0, 0.05) is 64.0 Å². The summed E-state index contributed by atoms with van der Waals surface area (Å²) in [4.78, 5) is 8.69. The van der Waals surface area contributed by atoms with Gasteiger partial charge in [0.2, 0.25) is 0 Å². The molecule has 15 heavy (non-hydrogen) atoms. The summed E-state index contributed by atoms with van der Waals surface area (Å²) in [6.07, 6.45) is 3.60. The Morgan fingerprint density at radius 2 is 1.13 bits per heavy atom. The molecule has 70 valence electrons. The second-order valence-electron chi connectivity index (χ2n) is 3.22. The number of aromatic nitrogens is 2. The fraction of sp³-hybridized carbons (Fsp3) is 0. The standard InChI is InChI=1S/C12H8N2.Nd/c1-3-9-5-6-10-4-2-8-14-12(10)11(9)13-7-1;/h1-8H;. The van der Waals surface area contributed by atoms with Gasteiger partial charge >= 0.3 is 0 Å². The van der Waals surface area contributed by atoms with Crippen molar-refractivity contribution in [2.75, 3.05) is 0 Å². The molecule has 0 fully saturated rings. The fourth-order valence-electron chi connectivity index (χ4n) is 1.68. The zero-order valence-electron chi connectivity index (χ0n) is 8.01. The Morgan fingerprint density at radius 3 is 1.60 bits per heavy atom. The predicted molar refractivity (Wildman–Crippen MR) is 57.0 cm³/mol. The molecule has 0 bridgehead atoms. The van der Waals surface area contributed by atoms with Crippen LogP contribution in [0, 0.1) is 40.8 Å². The average molecular weight is 324 g/mol. The smallest absolute Gasteiger partial charge is 0.0964 e. The summed E-state index contributed by atoms with van der Waals surface area (Å²) in [6, 6.07) is 12.1. The maximum absolute atomic E-state index is 4.35. The van der Waals surface area contributed by atoms with Gasteiger partial charge < -0.3 is 0 Å². The maximum Gasteiger partial charge on any atom is 0.0964 e. The Bertz CT molecular complexity index is 553. The Morgan fingerprint density at radius 1 is 0.667 bits per heavy atom. The number of nitrogens with zero attached hydrogens (tertiary/aromatic N) is 2. The first-order valence-corrected chi connectivity index (χ1v) is 4.53. The molecule has 2 aromatic heterocycles. The molecule has 0 spiro atoms. The summed E-state index contributed by atoms with van der Waals surface area (Å²) >= 11 is 0. The summed E-state index contributed by atoms with van der Waals surface area (Å²) in [5.41, 5.74) is 1.95. The molecule has 3 heteroatoms. The van der Waals surface area contributed by atoms with Gasteiger partial charge in [-0.2, -0.15) is 0 Å². The molecule has 0 radical (unpaired) electrons. The first kappa shape index (κ1) is 10.9. The van der Waals surface area contributed by atoms with Gasteiger partial charge in [0.05, 0.1) is 11.0 Å². The van der Waals surface area contributed by atoms with Crippen LogP contribution in [0.3, 0.4) is 0 Å². The van der Waals surface area contributed by atoms with Gasteiger partial charge in [-0.1, -0.05) is 24.3 Å². The molecule has 0 saturated heterocycles. The molecule has 3 rings (SSSR count). The topological polar surface area (TPSA) is 25.8 Å². The number of fused-ring (bicyclic) bond motifs is 3. The maximum atomic E-state index is 4.35. The van der Waals surface area contributed by atoms with Gasteiger partial charge in [-0.05, 0) is 12.1 Å². The number of pyridine rings is 2. The summed E-state index contributed by atoms with van der Waals surface area (Å²) in [6.45, 7) is 0. The molecule has 0 unspecified atom stereocenters. The molecule has 1 aromatic carbocycles. The average Bonchev–Trinajstić information content (AvgIpc) is 2.29. The van der Waals surface area contributed by atoms with E-state index >= 15 is 0 Å². The minimum Gasteiger partial charge on any atom is -0.254 e. The van der Waals surface area contributed by atoms with Crippen LogP contribution in [0.2, 0.25) is 0 Å². The van der Waals surface area contributed by atoms with Gasteiger partial charge in [-0.25, -0.2) is 0 Å². The van der Waals surface area contributed by atoms with Crippen LogP contribution in [0.4, 0.5) is 0 Å². The van der Waals surface area contributed by atoms with Gasteiger partial charge in [0.25, 0.3) is 0 Å². The molecule has 0 aliphatic heterocycles. The van der Waals surface area contributed by atoms with Crippen LogP contribution in [-0.4, -0.2) is 9.97 Å². The van der Waals surface area contributed by atoms with Gasteiger partial charge in [-0.15, -0.1) is 0 Å². The minimum absolute atomic E-state index is 0. The van der Waals surface area contributed by atoms with Crippen LogP contribution in [0.5, 0.6) is 0 Å². The number of rotatable bonds is 0. The second kappa shape index (κ2) is 4.49. The molecule has 2 heterocycles. The quantitative estimate of drug-likeness (QED) is 0.594. The van der Waals surface area contributed by atoms with E-state index in [0.29, 0.717) is 0 Å². The van der Waals surface area contributed by atoms with Gasteiger partial charge in [0.15, 0.2) is 0 Å². The van der Waals surface area contributed by atoms with E-state index in [0.717, 1.165) is 21.8 Å². The molecule has 2 nitrogen and oxygen atoms in total. The molecule has 3 aromatic rings. The molecule has 0 atom stereocenters. The Balaban J connectivity index is 0.000000853. The van der Waals surface area contributed by atoms with E-state index in [1.165, 1.54) is 0 Å². The molecule has 0 saturated carbocycles. The SMILES string of the molecule is [Nd].c1cnc2c(c1)ccc1cccnc12. The zero-order chi connectivity index (χ0) is 9.38. The minimum atomic E-state index is 0. The normalized spacial score (nSPS) is 10.1. The van der Waals surface area contributed by atoms with E-state index in [1.54, 1.807) is 12.4 Å². The third kappa shape index (κ3) is 1.88. The van der Waals surface area contributed by atoms with E-state index in [4.69, 9.17) is 0 Å². The van der Waals surface area contributed by atoms with E-state index in [-0.39, 0.29) is 40.8 Å². The number of hydrogen-bond acceptors (Lipinski definition) is 2. The molecule has 0 aliphatic carbocycles. The molecule has 0 aliphatic rings. The van der Waals surface area contributed by atoms with Crippen molar-refractivity contribution in [1.29, 1.82) is 0 Å². The van der Waals surface area contributed by atoms with Gasteiger partial charge in [0.1, 0.15) is 0 Å². The number of hydrogen-bond donors (Lipinski definition) is 0. The first-order valence-electron chi connectivity index (χ1n) is 4.53. The molecule has 0 N–H and O–H groups in total. The Kier molecular flexibility index (Phi) is 3.26. The fourth-order valence-corrected chi connectivity index (χ4v) is 1.68. The van der Waals surface area contributed by atoms with Crippen LogP contribution < -0.4 is 0 Å². The molecular formula is C12H8N2Nd. The third-order valence-corrected chi connectivity index (χ3v) is 2.34. The van der Waals surface area contributed by atoms with Crippen LogP contribution in [0.1, 0.15) is 0 Å². The summed E-state index contributed by atoms with van der Waals surface area (Å²) < 4.78 is 0. The van der Waals surface area contributed by atoms with E-state index < -0.39 is 0 Å². The third-order valence-electron chi connectivity index (χ3n) is 2.34. The monoisotopic (exact) mass is 322 g/mol. The van der Waals surface area contributed by atoms with Crippen molar-refractivity contribution in [2.45, 2.75) is 0 Å². The van der Waals surface area contributed by atoms with Crippen molar-refractivity contribution in [1.82, 2.24) is 9.97 Å². The van der Waals surface area contributed by atoms with Crippen LogP contribution >= 0.6 is 0 Å². The van der Waals surface area contributed by atoms with Crippen molar-refractivity contribution in [3.63, 3.8) is 0 Å². The summed E-state index contributed by atoms with van der Waals surface area (Å²) in [7, 11) is 0. The Hall–Kier alpha value is -0.609. The van der Waals surface area contributed by atoms with Crippen LogP contribution in [0.25, 0.3) is 21.8 Å². The largest absolute Gasteiger partial charge is 0.254 e. The Labute approximate surface area is 120 Å². The van der Waals surface area contributed by atoms with Crippen molar-refractivity contribution in [3.05, 3.63) is 48.8 Å². The van der Waals surface area contributed by atoms with E-state index in [1.807, 2.05) is 12.1 Å². The zero-order valence-corrected chi connectivity index (χ0v) is 11.2. The molecule has 0 amide bonds. The predicted octanol–water partition coefficient (Wildman–Crippen LogP) is 2.78. The van der Waals surface area contributed by atoms with Crippen molar-refractivity contribution < 1.29 is 40.8 Å². The number of benzene rings is 1. The van der Waals surface area contributed by atoms with Crippen LogP contribution in [-0.2, 0) is 0 Å². The van der Waals surface area contributed by atoms with Gasteiger partial charge in [-0.3, -0.25) is 9.97 Å². The first-order chi connectivity index (χ1) is 6.95.